The van der Waals surface area contributed by atoms with Crippen LogP contribution in [-0.2, 0) is 11.3 Å². The number of carbonyl (C=O) groups excluding carboxylic acids is 1. The Morgan fingerprint density at radius 1 is 1.39 bits per heavy atom. The molecule has 7 nitrogen and oxygen atoms in total. The van der Waals surface area contributed by atoms with Gasteiger partial charge in [0.25, 0.3) is 5.56 Å². The van der Waals surface area contributed by atoms with Crippen molar-refractivity contribution in [3.05, 3.63) is 57.2 Å². The third-order valence-corrected chi connectivity index (χ3v) is 5.10. The average molecular weight is 446 g/mol. The van der Waals surface area contributed by atoms with Gasteiger partial charge in [-0.1, -0.05) is 44.9 Å². The lowest BCUT2D eigenvalue weighted by molar-refractivity contribution is -0.124. The van der Waals surface area contributed by atoms with Crippen molar-refractivity contribution in [2.45, 2.75) is 40.2 Å². The van der Waals surface area contributed by atoms with Crippen LogP contribution >= 0.6 is 11.6 Å². The molecule has 0 aliphatic carbocycles. The highest BCUT2D eigenvalue weighted by Crippen LogP contribution is 2.31. The molecule has 31 heavy (non-hydrogen) atoms. The smallest absolute Gasteiger partial charge is 0.253 e. The molecule has 0 spiro atoms. The predicted molar refractivity (Wildman–Crippen MR) is 121 cm³/mol. The van der Waals surface area contributed by atoms with E-state index >= 15 is 4.39 Å². The Hall–Kier alpha value is -3.00. The van der Waals surface area contributed by atoms with Crippen molar-refractivity contribution in [1.29, 1.82) is 0 Å². The van der Waals surface area contributed by atoms with Gasteiger partial charge in [0.05, 0.1) is 10.6 Å². The standard InChI is InChI=1S/C22H25ClFN5O2/c1-4-5-15-8-9-29(12-26-15)17-10-18(30)28-21(27-17)19-16(23)7-6-14(20(19)24)11-25-22(31)13(2)3/h6-10,13H,4-5,11-12H2,1-3H3,(H,25,31)(H,27,28,30). The number of allylic oxidation sites excluding steroid dienone is 1. The van der Waals surface area contributed by atoms with Crippen LogP contribution in [-0.4, -0.2) is 28.3 Å². The summed E-state index contributed by atoms with van der Waals surface area (Å²) in [7, 11) is 0. The Kier molecular flexibility index (Phi) is 7.22. The van der Waals surface area contributed by atoms with Crippen LogP contribution < -0.4 is 15.8 Å². The lowest BCUT2D eigenvalue weighted by atomic mass is 10.1. The molecular formula is C22H25ClFN5O2. The number of hydrogen-bond donors (Lipinski definition) is 2. The van der Waals surface area contributed by atoms with Crippen LogP contribution in [0.4, 0.5) is 10.2 Å². The van der Waals surface area contributed by atoms with E-state index in [0.29, 0.717) is 12.5 Å². The van der Waals surface area contributed by atoms with E-state index in [1.54, 1.807) is 24.9 Å². The second kappa shape index (κ2) is 9.87. The minimum atomic E-state index is -0.644. The number of H-pyrrole nitrogens is 1. The van der Waals surface area contributed by atoms with E-state index in [1.807, 2.05) is 6.08 Å². The minimum Gasteiger partial charge on any atom is -0.352 e. The first-order chi connectivity index (χ1) is 14.8. The number of nitrogens with one attached hydrogen (secondary N) is 2. The highest BCUT2D eigenvalue weighted by Gasteiger charge is 2.19. The summed E-state index contributed by atoms with van der Waals surface area (Å²) in [6.07, 6.45) is 5.54. The molecule has 0 saturated carbocycles. The molecule has 1 amide bonds. The monoisotopic (exact) mass is 445 g/mol. The van der Waals surface area contributed by atoms with E-state index in [0.717, 1.165) is 18.6 Å². The Morgan fingerprint density at radius 3 is 2.81 bits per heavy atom. The number of hydrogen-bond acceptors (Lipinski definition) is 5. The molecule has 0 radical (unpaired) electrons. The Bertz CT molecular complexity index is 1090. The van der Waals surface area contributed by atoms with E-state index in [1.165, 1.54) is 18.2 Å². The van der Waals surface area contributed by atoms with Crippen LogP contribution in [0.1, 0.15) is 39.2 Å². The molecule has 2 heterocycles. The summed E-state index contributed by atoms with van der Waals surface area (Å²) in [5, 5.41) is 2.79. The summed E-state index contributed by atoms with van der Waals surface area (Å²) in [6.45, 7) is 5.90. The third-order valence-electron chi connectivity index (χ3n) is 4.79. The number of halogens is 2. The molecule has 2 aromatic rings. The van der Waals surface area contributed by atoms with Crippen LogP contribution in [0.2, 0.25) is 5.02 Å². The van der Waals surface area contributed by atoms with Gasteiger partial charge in [-0.2, -0.15) is 0 Å². The maximum absolute atomic E-state index is 15.3. The van der Waals surface area contributed by atoms with Gasteiger partial charge >= 0.3 is 0 Å². The van der Waals surface area contributed by atoms with Gasteiger partial charge in [-0.3, -0.25) is 14.6 Å². The molecule has 2 N–H and O–H groups in total. The zero-order chi connectivity index (χ0) is 22.5. The van der Waals surface area contributed by atoms with Crippen molar-refractivity contribution in [3.8, 4) is 11.4 Å². The normalized spacial score (nSPS) is 13.5. The molecule has 0 saturated heterocycles. The van der Waals surface area contributed by atoms with Crippen LogP contribution in [0, 0.1) is 11.7 Å². The number of carbonyl (C=O) groups is 1. The number of aliphatic imine (C=N–C) groups is 1. The fraction of sp³-hybridized carbons (Fsp3) is 0.364. The van der Waals surface area contributed by atoms with Crippen molar-refractivity contribution in [3.63, 3.8) is 0 Å². The number of aromatic amines is 1. The minimum absolute atomic E-state index is 0.000716. The van der Waals surface area contributed by atoms with E-state index in [9.17, 15) is 9.59 Å². The number of amides is 1. The highest BCUT2D eigenvalue weighted by molar-refractivity contribution is 6.33. The van der Waals surface area contributed by atoms with E-state index in [2.05, 4.69) is 27.2 Å². The molecule has 1 aromatic heterocycles. The average Bonchev–Trinajstić information content (AvgIpc) is 2.73. The summed E-state index contributed by atoms with van der Waals surface area (Å²) >= 11 is 6.25. The van der Waals surface area contributed by atoms with E-state index in [4.69, 9.17) is 11.6 Å². The van der Waals surface area contributed by atoms with Gasteiger partial charge in [-0.05, 0) is 18.6 Å². The van der Waals surface area contributed by atoms with Gasteiger partial charge in [-0.25, -0.2) is 9.37 Å². The molecule has 1 aliphatic rings. The van der Waals surface area contributed by atoms with Crippen LogP contribution in [0.25, 0.3) is 11.4 Å². The van der Waals surface area contributed by atoms with E-state index in [-0.39, 0.29) is 40.3 Å². The predicted octanol–water partition coefficient (Wildman–Crippen LogP) is 4.03. The number of anilines is 1. The SMILES string of the molecule is CCCC1=NCN(c2cc(=O)[nH]c(-c3c(Cl)ccc(CNC(=O)C(C)C)c3F)n2)C=C1. The molecule has 164 valence electrons. The van der Waals surface area contributed by atoms with Crippen molar-refractivity contribution >= 4 is 29.0 Å². The molecule has 9 heteroatoms. The van der Waals surface area contributed by atoms with Gasteiger partial charge in [0.1, 0.15) is 24.1 Å². The highest BCUT2D eigenvalue weighted by atomic mass is 35.5. The molecular weight excluding hydrogens is 421 g/mol. The van der Waals surface area contributed by atoms with Gasteiger partial charge in [-0.15, -0.1) is 0 Å². The molecule has 3 rings (SSSR count). The molecule has 1 aromatic carbocycles. The van der Waals surface area contributed by atoms with Gasteiger partial charge in [0.2, 0.25) is 5.91 Å². The molecule has 1 aliphatic heterocycles. The third kappa shape index (κ3) is 5.38. The number of benzene rings is 1. The topological polar surface area (TPSA) is 90.5 Å². The number of rotatable bonds is 7. The molecule has 0 fully saturated rings. The van der Waals surface area contributed by atoms with Gasteiger partial charge in [0.15, 0.2) is 0 Å². The van der Waals surface area contributed by atoms with Crippen molar-refractivity contribution in [1.82, 2.24) is 15.3 Å². The second-order valence-corrected chi connectivity index (χ2v) is 7.95. The zero-order valence-electron chi connectivity index (χ0n) is 17.7. The molecule has 0 unspecified atom stereocenters. The zero-order valence-corrected chi connectivity index (χ0v) is 18.5. The summed E-state index contributed by atoms with van der Waals surface area (Å²) in [5.74, 6) is -0.705. The lowest BCUT2D eigenvalue weighted by Crippen LogP contribution is -2.27. The first kappa shape index (κ1) is 22.7. The van der Waals surface area contributed by atoms with Gasteiger partial charge in [0, 0.05) is 36.0 Å². The Morgan fingerprint density at radius 2 is 2.16 bits per heavy atom. The van der Waals surface area contributed by atoms with Crippen LogP contribution in [0.3, 0.4) is 0 Å². The molecule has 0 bridgehead atoms. The lowest BCUT2D eigenvalue weighted by Gasteiger charge is -2.21. The van der Waals surface area contributed by atoms with Crippen molar-refractivity contribution in [2.75, 3.05) is 11.6 Å². The quantitative estimate of drug-likeness (QED) is 0.673. The van der Waals surface area contributed by atoms with Crippen LogP contribution in [0.15, 0.2) is 40.3 Å². The molecule has 0 atom stereocenters. The Balaban J connectivity index is 1.93. The van der Waals surface area contributed by atoms with Crippen LogP contribution in [0.5, 0.6) is 0 Å². The maximum Gasteiger partial charge on any atom is 0.253 e. The number of aromatic nitrogens is 2. The first-order valence-electron chi connectivity index (χ1n) is 10.1. The fourth-order valence-electron chi connectivity index (χ4n) is 3.06. The maximum atomic E-state index is 15.3. The summed E-state index contributed by atoms with van der Waals surface area (Å²) < 4.78 is 15.3. The fourth-order valence-corrected chi connectivity index (χ4v) is 3.29. The van der Waals surface area contributed by atoms with Crippen molar-refractivity contribution in [2.24, 2.45) is 10.9 Å². The number of nitrogens with zero attached hydrogens (tertiary/aromatic N) is 3. The second-order valence-electron chi connectivity index (χ2n) is 7.55. The van der Waals surface area contributed by atoms with Crippen molar-refractivity contribution < 1.29 is 9.18 Å². The summed E-state index contributed by atoms with van der Waals surface area (Å²) in [6, 6.07) is 4.35. The largest absolute Gasteiger partial charge is 0.352 e. The first-order valence-corrected chi connectivity index (χ1v) is 10.5. The van der Waals surface area contributed by atoms with E-state index < -0.39 is 11.4 Å². The van der Waals surface area contributed by atoms with Gasteiger partial charge < -0.3 is 15.2 Å². The Labute approximate surface area is 185 Å². The summed E-state index contributed by atoms with van der Waals surface area (Å²) in [5.41, 5.74) is 0.765. The summed E-state index contributed by atoms with van der Waals surface area (Å²) in [4.78, 5) is 37.3.